The van der Waals surface area contributed by atoms with E-state index in [1.165, 1.54) is 24.0 Å². The van der Waals surface area contributed by atoms with Crippen molar-refractivity contribution in [2.24, 2.45) is 5.73 Å². The highest BCUT2D eigenvalue weighted by Crippen LogP contribution is 2.39. The molecule has 2 N–H and O–H groups in total. The van der Waals surface area contributed by atoms with Crippen LogP contribution in [-0.4, -0.2) is 6.04 Å². The second-order valence-corrected chi connectivity index (χ2v) is 4.20. The quantitative estimate of drug-likeness (QED) is 0.750. The lowest BCUT2D eigenvalue weighted by molar-refractivity contribution is 0.738. The summed E-state index contributed by atoms with van der Waals surface area (Å²) in [5.41, 5.74) is 8.60. The summed E-state index contributed by atoms with van der Waals surface area (Å²) < 4.78 is 0. The predicted octanol–water partition coefficient (Wildman–Crippen LogP) is 2.45. The third kappa shape index (κ3) is 2.31. The highest BCUT2D eigenvalue weighted by atomic mass is 14.6. The zero-order valence-electron chi connectivity index (χ0n) is 8.16. The lowest BCUT2D eigenvalue weighted by Crippen LogP contribution is -2.17. The van der Waals surface area contributed by atoms with E-state index in [0.29, 0.717) is 0 Å². The fourth-order valence-corrected chi connectivity index (χ4v) is 1.71. The van der Waals surface area contributed by atoms with Crippen LogP contribution in [0.1, 0.15) is 36.8 Å². The Morgan fingerprint density at radius 1 is 1.31 bits per heavy atom. The Hall–Kier alpha value is -0.820. The molecule has 1 aliphatic rings. The van der Waals surface area contributed by atoms with Gasteiger partial charge < -0.3 is 5.73 Å². The molecule has 13 heavy (non-hydrogen) atoms. The molecular formula is C12H17N. The number of rotatable bonds is 3. The lowest BCUT2D eigenvalue weighted by atomic mass is 10.0. The summed E-state index contributed by atoms with van der Waals surface area (Å²) in [4.78, 5) is 0. The first-order valence-corrected chi connectivity index (χ1v) is 5.10. The molecule has 2 rings (SSSR count). The molecule has 0 heterocycles. The molecule has 0 amide bonds. The van der Waals surface area contributed by atoms with Gasteiger partial charge in [0.15, 0.2) is 0 Å². The first-order chi connectivity index (χ1) is 6.25. The normalized spacial score (nSPS) is 18.6. The molecule has 1 nitrogen and oxygen atoms in total. The lowest BCUT2D eigenvalue weighted by Gasteiger charge is -2.05. The molecule has 1 aliphatic carbocycles. The van der Waals surface area contributed by atoms with Crippen molar-refractivity contribution >= 4 is 0 Å². The summed E-state index contributed by atoms with van der Waals surface area (Å²) >= 11 is 0. The Labute approximate surface area is 80.0 Å². The first-order valence-electron chi connectivity index (χ1n) is 5.10. The topological polar surface area (TPSA) is 26.0 Å². The summed E-state index contributed by atoms with van der Waals surface area (Å²) in [5, 5.41) is 0. The van der Waals surface area contributed by atoms with Crippen molar-refractivity contribution in [3.05, 3.63) is 35.4 Å². The van der Waals surface area contributed by atoms with Crippen molar-refractivity contribution in [2.75, 3.05) is 0 Å². The monoisotopic (exact) mass is 175 g/mol. The van der Waals surface area contributed by atoms with Crippen LogP contribution in [0.15, 0.2) is 24.3 Å². The Bertz CT molecular complexity index is 270. The van der Waals surface area contributed by atoms with E-state index in [1.54, 1.807) is 0 Å². The molecule has 1 saturated carbocycles. The van der Waals surface area contributed by atoms with Crippen molar-refractivity contribution < 1.29 is 0 Å². The zero-order valence-corrected chi connectivity index (χ0v) is 8.16. The van der Waals surface area contributed by atoms with Gasteiger partial charge in [-0.05, 0) is 43.2 Å². The second-order valence-electron chi connectivity index (χ2n) is 4.20. The van der Waals surface area contributed by atoms with E-state index in [2.05, 4.69) is 31.2 Å². The standard InChI is InChI=1S/C12H17N/c1-9(13)8-10-2-4-11(5-3-10)12-6-7-12/h2-5,9,12H,6-8,13H2,1H3/t9-/m0/s1. The van der Waals surface area contributed by atoms with Crippen molar-refractivity contribution in [2.45, 2.75) is 38.1 Å². The van der Waals surface area contributed by atoms with Gasteiger partial charge in [0.1, 0.15) is 0 Å². The van der Waals surface area contributed by atoms with Gasteiger partial charge in [-0.1, -0.05) is 24.3 Å². The number of benzene rings is 1. The summed E-state index contributed by atoms with van der Waals surface area (Å²) in [6.07, 6.45) is 3.75. The van der Waals surface area contributed by atoms with Crippen LogP contribution in [-0.2, 0) is 6.42 Å². The van der Waals surface area contributed by atoms with E-state index in [-0.39, 0.29) is 6.04 Å². The van der Waals surface area contributed by atoms with Gasteiger partial charge in [-0.3, -0.25) is 0 Å². The van der Waals surface area contributed by atoms with Gasteiger partial charge in [-0.15, -0.1) is 0 Å². The van der Waals surface area contributed by atoms with Gasteiger partial charge in [-0.25, -0.2) is 0 Å². The highest BCUT2D eigenvalue weighted by Gasteiger charge is 2.22. The molecule has 0 unspecified atom stereocenters. The van der Waals surface area contributed by atoms with Crippen LogP contribution in [0.25, 0.3) is 0 Å². The SMILES string of the molecule is C[C@H](N)Cc1ccc(C2CC2)cc1. The van der Waals surface area contributed by atoms with Crippen molar-refractivity contribution in [3.63, 3.8) is 0 Å². The second kappa shape index (κ2) is 3.51. The van der Waals surface area contributed by atoms with Crippen molar-refractivity contribution in [1.82, 2.24) is 0 Å². The van der Waals surface area contributed by atoms with Gasteiger partial charge in [0.05, 0.1) is 0 Å². The van der Waals surface area contributed by atoms with Crippen LogP contribution >= 0.6 is 0 Å². The maximum absolute atomic E-state index is 5.73. The summed E-state index contributed by atoms with van der Waals surface area (Å²) in [6, 6.07) is 9.23. The Balaban J connectivity index is 2.04. The van der Waals surface area contributed by atoms with Crippen LogP contribution in [0.2, 0.25) is 0 Å². The van der Waals surface area contributed by atoms with Crippen LogP contribution in [0.3, 0.4) is 0 Å². The van der Waals surface area contributed by atoms with Crippen LogP contribution < -0.4 is 5.73 Å². The van der Waals surface area contributed by atoms with E-state index in [4.69, 9.17) is 5.73 Å². The molecule has 1 aromatic rings. The van der Waals surface area contributed by atoms with E-state index >= 15 is 0 Å². The molecule has 1 aromatic carbocycles. The molecule has 0 bridgehead atoms. The van der Waals surface area contributed by atoms with Gasteiger partial charge in [0, 0.05) is 6.04 Å². The predicted molar refractivity (Wildman–Crippen MR) is 55.8 cm³/mol. The minimum absolute atomic E-state index is 0.270. The van der Waals surface area contributed by atoms with Crippen LogP contribution in [0.5, 0.6) is 0 Å². The van der Waals surface area contributed by atoms with E-state index in [1.807, 2.05) is 0 Å². The summed E-state index contributed by atoms with van der Waals surface area (Å²) in [6.45, 7) is 2.05. The van der Waals surface area contributed by atoms with Crippen LogP contribution in [0.4, 0.5) is 0 Å². The number of hydrogen-bond donors (Lipinski definition) is 1. The Kier molecular flexibility index (Phi) is 2.36. The van der Waals surface area contributed by atoms with Gasteiger partial charge in [-0.2, -0.15) is 0 Å². The first kappa shape index (κ1) is 8.76. The largest absolute Gasteiger partial charge is 0.328 e. The third-order valence-corrected chi connectivity index (χ3v) is 2.59. The van der Waals surface area contributed by atoms with Gasteiger partial charge >= 0.3 is 0 Å². The Morgan fingerprint density at radius 2 is 1.92 bits per heavy atom. The molecule has 1 fully saturated rings. The molecule has 0 aromatic heterocycles. The molecular weight excluding hydrogens is 158 g/mol. The van der Waals surface area contributed by atoms with E-state index < -0.39 is 0 Å². The minimum Gasteiger partial charge on any atom is -0.328 e. The molecule has 0 aliphatic heterocycles. The average Bonchev–Trinajstić information content (AvgIpc) is 2.87. The molecule has 1 heteroatoms. The van der Waals surface area contributed by atoms with Gasteiger partial charge in [0.25, 0.3) is 0 Å². The zero-order chi connectivity index (χ0) is 9.26. The highest BCUT2D eigenvalue weighted by molar-refractivity contribution is 5.28. The van der Waals surface area contributed by atoms with Gasteiger partial charge in [0.2, 0.25) is 0 Å². The number of nitrogens with two attached hydrogens (primary N) is 1. The number of hydrogen-bond acceptors (Lipinski definition) is 1. The molecule has 0 spiro atoms. The minimum atomic E-state index is 0.270. The molecule has 70 valence electrons. The Morgan fingerprint density at radius 3 is 2.38 bits per heavy atom. The van der Waals surface area contributed by atoms with Crippen molar-refractivity contribution in [1.29, 1.82) is 0 Å². The maximum Gasteiger partial charge on any atom is 0.00509 e. The third-order valence-electron chi connectivity index (χ3n) is 2.59. The smallest absolute Gasteiger partial charge is 0.00509 e. The fourth-order valence-electron chi connectivity index (χ4n) is 1.71. The fraction of sp³-hybridized carbons (Fsp3) is 0.500. The molecule has 1 atom stereocenters. The van der Waals surface area contributed by atoms with Crippen LogP contribution in [0, 0.1) is 0 Å². The summed E-state index contributed by atoms with van der Waals surface area (Å²) in [5.74, 6) is 0.865. The van der Waals surface area contributed by atoms with Crippen molar-refractivity contribution in [3.8, 4) is 0 Å². The summed E-state index contributed by atoms with van der Waals surface area (Å²) in [7, 11) is 0. The molecule has 0 radical (unpaired) electrons. The van der Waals surface area contributed by atoms with E-state index in [9.17, 15) is 0 Å². The average molecular weight is 175 g/mol. The molecule has 0 saturated heterocycles. The van der Waals surface area contributed by atoms with E-state index in [0.717, 1.165) is 12.3 Å². The maximum atomic E-state index is 5.73.